The summed E-state index contributed by atoms with van der Waals surface area (Å²) >= 11 is 5.90. The van der Waals surface area contributed by atoms with Gasteiger partial charge in [0.25, 0.3) is 11.5 Å². The molecule has 0 bridgehead atoms. The fraction of sp³-hybridized carbons (Fsp3) is 0.414. The molecule has 0 radical (unpaired) electrons. The topological polar surface area (TPSA) is 85.0 Å². The van der Waals surface area contributed by atoms with Gasteiger partial charge in [-0.05, 0) is 61.4 Å². The number of carbonyl (C=O) groups is 1. The number of amides is 1. The number of hydrogen-bond donors (Lipinski definition) is 1. The number of halogens is 1. The molecule has 0 saturated carbocycles. The van der Waals surface area contributed by atoms with Crippen LogP contribution in [0.25, 0.3) is 0 Å². The second-order valence-corrected chi connectivity index (χ2v) is 10.6. The number of anilines is 2. The number of benzene rings is 2. The molecule has 2 saturated heterocycles. The zero-order chi connectivity index (χ0) is 27.4. The predicted molar refractivity (Wildman–Crippen MR) is 154 cm³/mol. The predicted octanol–water partition coefficient (Wildman–Crippen LogP) is 3.09. The number of nitrogens with zero attached hydrogens (tertiary/aromatic N) is 5. The molecule has 2 fully saturated rings. The van der Waals surface area contributed by atoms with E-state index in [2.05, 4.69) is 46.8 Å². The number of rotatable bonds is 7. The van der Waals surface area contributed by atoms with Crippen molar-refractivity contribution < 1.29 is 9.53 Å². The van der Waals surface area contributed by atoms with Gasteiger partial charge < -0.3 is 19.4 Å². The zero-order valence-corrected chi connectivity index (χ0v) is 23.3. The van der Waals surface area contributed by atoms with Crippen molar-refractivity contribution in [3.8, 4) is 5.75 Å². The summed E-state index contributed by atoms with van der Waals surface area (Å²) in [4.78, 5) is 41.3. The van der Waals surface area contributed by atoms with Gasteiger partial charge in [-0.1, -0.05) is 17.7 Å². The van der Waals surface area contributed by atoms with E-state index in [0.717, 1.165) is 31.9 Å². The van der Waals surface area contributed by atoms with Gasteiger partial charge in [0.15, 0.2) is 6.61 Å². The smallest absolute Gasteiger partial charge is 0.260 e. The van der Waals surface area contributed by atoms with E-state index < -0.39 is 0 Å². The molecule has 206 valence electrons. The number of aromatic amines is 1. The largest absolute Gasteiger partial charge is 0.484 e. The van der Waals surface area contributed by atoms with Crippen LogP contribution in [0.5, 0.6) is 5.75 Å². The molecule has 2 aliphatic rings. The lowest BCUT2D eigenvalue weighted by Gasteiger charge is -2.36. The summed E-state index contributed by atoms with van der Waals surface area (Å²) in [6.07, 6.45) is 0. The number of H-pyrrole nitrogens is 1. The van der Waals surface area contributed by atoms with E-state index in [1.54, 1.807) is 35.2 Å². The average Bonchev–Trinajstić information content (AvgIpc) is 2.94. The first-order valence-electron chi connectivity index (χ1n) is 13.4. The van der Waals surface area contributed by atoms with Crippen LogP contribution < -0.4 is 20.1 Å². The van der Waals surface area contributed by atoms with Gasteiger partial charge in [-0.3, -0.25) is 19.5 Å². The number of hydrogen-bond acceptors (Lipinski definition) is 7. The molecule has 0 unspecified atom stereocenters. The molecule has 0 atom stereocenters. The number of nitrogens with one attached hydrogen (secondary N) is 1. The van der Waals surface area contributed by atoms with Crippen LogP contribution in [0.3, 0.4) is 0 Å². The highest BCUT2D eigenvalue weighted by Crippen LogP contribution is 2.21. The maximum absolute atomic E-state index is 12.6. The van der Waals surface area contributed by atoms with Crippen LogP contribution in [0.4, 0.5) is 11.6 Å². The minimum atomic E-state index is -0.154. The summed E-state index contributed by atoms with van der Waals surface area (Å²) < 4.78 is 5.60. The van der Waals surface area contributed by atoms with Crippen LogP contribution >= 0.6 is 11.6 Å². The van der Waals surface area contributed by atoms with Crippen molar-refractivity contribution in [1.29, 1.82) is 0 Å². The molecular weight excluding hydrogens is 516 g/mol. The highest BCUT2D eigenvalue weighted by Gasteiger charge is 2.24. The van der Waals surface area contributed by atoms with Crippen LogP contribution in [-0.2, 0) is 11.3 Å². The standard InChI is InChI=1S/C29H35ClN6O3/c1-21-3-6-25(17-22(21)2)34-11-9-33(10-12-34)19-24-18-27(37)32-29(31-24)36-15-13-35(14-16-36)28(38)20-39-26-7-4-23(30)5-8-26/h3-8,17-18H,9-16,19-20H2,1-2H3,(H,31,32,37). The summed E-state index contributed by atoms with van der Waals surface area (Å²) in [5, 5.41) is 0.622. The SMILES string of the molecule is Cc1ccc(N2CCN(Cc3cc(=O)[nH]c(N4CCN(C(=O)COc5ccc(Cl)cc5)CC4)n3)CC2)cc1C. The van der Waals surface area contributed by atoms with Crippen LogP contribution in [-0.4, -0.2) is 84.6 Å². The lowest BCUT2D eigenvalue weighted by atomic mass is 10.1. The van der Waals surface area contributed by atoms with E-state index in [-0.39, 0.29) is 18.1 Å². The minimum absolute atomic E-state index is 0.0248. The van der Waals surface area contributed by atoms with Gasteiger partial charge in [0, 0.05) is 75.7 Å². The van der Waals surface area contributed by atoms with Crippen LogP contribution in [0.2, 0.25) is 5.02 Å². The van der Waals surface area contributed by atoms with Gasteiger partial charge in [-0.15, -0.1) is 0 Å². The van der Waals surface area contributed by atoms with Crippen molar-refractivity contribution in [3.05, 3.63) is 80.7 Å². The molecule has 1 amide bonds. The first kappa shape index (κ1) is 27.0. The summed E-state index contributed by atoms with van der Waals surface area (Å²) in [5.41, 5.74) is 4.50. The Morgan fingerprint density at radius 2 is 1.59 bits per heavy atom. The third kappa shape index (κ3) is 6.91. The van der Waals surface area contributed by atoms with Crippen molar-refractivity contribution >= 4 is 29.1 Å². The molecule has 5 rings (SSSR count). The van der Waals surface area contributed by atoms with Gasteiger partial charge in [0.2, 0.25) is 5.95 Å². The Labute approximate surface area is 233 Å². The quantitative estimate of drug-likeness (QED) is 0.484. The summed E-state index contributed by atoms with van der Waals surface area (Å²) in [7, 11) is 0. The summed E-state index contributed by atoms with van der Waals surface area (Å²) in [6.45, 7) is 10.9. The third-order valence-corrected chi connectivity index (χ3v) is 7.76. The second-order valence-electron chi connectivity index (χ2n) is 10.2. The lowest BCUT2D eigenvalue weighted by Crippen LogP contribution is -2.50. The molecule has 3 heterocycles. The highest BCUT2D eigenvalue weighted by molar-refractivity contribution is 6.30. The molecule has 9 nitrogen and oxygen atoms in total. The van der Waals surface area contributed by atoms with E-state index in [9.17, 15) is 9.59 Å². The number of carbonyl (C=O) groups excluding carboxylic acids is 1. The zero-order valence-electron chi connectivity index (χ0n) is 22.5. The molecule has 0 spiro atoms. The van der Waals surface area contributed by atoms with Gasteiger partial charge in [-0.2, -0.15) is 0 Å². The van der Waals surface area contributed by atoms with Gasteiger partial charge in [0.05, 0.1) is 5.69 Å². The summed E-state index contributed by atoms with van der Waals surface area (Å²) in [6, 6.07) is 15.2. The number of piperazine rings is 2. The Bertz CT molecular complexity index is 1350. The van der Waals surface area contributed by atoms with Crippen molar-refractivity contribution in [1.82, 2.24) is 19.8 Å². The van der Waals surface area contributed by atoms with Crippen LogP contribution in [0.15, 0.2) is 53.3 Å². The maximum atomic E-state index is 12.6. The Hall–Kier alpha value is -3.56. The fourth-order valence-corrected chi connectivity index (χ4v) is 5.10. The molecule has 3 aromatic rings. The first-order chi connectivity index (χ1) is 18.8. The van der Waals surface area contributed by atoms with E-state index in [0.29, 0.717) is 49.4 Å². The molecule has 39 heavy (non-hydrogen) atoms. The molecule has 2 aromatic carbocycles. The molecule has 1 N–H and O–H groups in total. The Morgan fingerprint density at radius 3 is 2.28 bits per heavy atom. The Kier molecular flexibility index (Phi) is 8.38. The first-order valence-corrected chi connectivity index (χ1v) is 13.8. The molecular formula is C29H35ClN6O3. The number of aryl methyl sites for hydroxylation is 2. The third-order valence-electron chi connectivity index (χ3n) is 7.50. The number of aromatic nitrogens is 2. The van der Waals surface area contributed by atoms with Crippen molar-refractivity contribution in [2.24, 2.45) is 0 Å². The Morgan fingerprint density at radius 1 is 0.897 bits per heavy atom. The van der Waals surface area contributed by atoms with Crippen LogP contribution in [0.1, 0.15) is 16.8 Å². The molecule has 2 aliphatic heterocycles. The van der Waals surface area contributed by atoms with E-state index in [4.69, 9.17) is 21.3 Å². The minimum Gasteiger partial charge on any atom is -0.484 e. The second kappa shape index (κ2) is 12.1. The van der Waals surface area contributed by atoms with E-state index >= 15 is 0 Å². The normalized spacial score (nSPS) is 16.4. The maximum Gasteiger partial charge on any atom is 0.260 e. The Balaban J connectivity index is 1.12. The highest BCUT2D eigenvalue weighted by atomic mass is 35.5. The average molecular weight is 551 g/mol. The van der Waals surface area contributed by atoms with Crippen molar-refractivity contribution in [2.45, 2.75) is 20.4 Å². The van der Waals surface area contributed by atoms with Gasteiger partial charge in [-0.25, -0.2) is 4.98 Å². The van der Waals surface area contributed by atoms with Crippen molar-refractivity contribution in [2.75, 3.05) is 68.8 Å². The van der Waals surface area contributed by atoms with Gasteiger partial charge >= 0.3 is 0 Å². The van der Waals surface area contributed by atoms with Gasteiger partial charge in [0.1, 0.15) is 5.75 Å². The molecule has 10 heteroatoms. The molecule has 0 aliphatic carbocycles. The molecule has 1 aromatic heterocycles. The lowest BCUT2D eigenvalue weighted by molar-refractivity contribution is -0.133. The summed E-state index contributed by atoms with van der Waals surface area (Å²) in [5.74, 6) is 1.10. The van der Waals surface area contributed by atoms with Crippen molar-refractivity contribution in [3.63, 3.8) is 0 Å². The van der Waals surface area contributed by atoms with Crippen LogP contribution in [0, 0.1) is 13.8 Å². The monoisotopic (exact) mass is 550 g/mol. The fourth-order valence-electron chi connectivity index (χ4n) is 4.98. The van der Waals surface area contributed by atoms with E-state index in [1.165, 1.54) is 16.8 Å². The number of ether oxygens (including phenoxy) is 1. The van der Waals surface area contributed by atoms with E-state index in [1.807, 2.05) is 4.90 Å².